The summed E-state index contributed by atoms with van der Waals surface area (Å²) in [7, 11) is 0. The van der Waals surface area contributed by atoms with Crippen LogP contribution >= 0.6 is 0 Å². The Kier molecular flexibility index (Phi) is 3.98. The van der Waals surface area contributed by atoms with Gasteiger partial charge in [-0.25, -0.2) is 4.79 Å². The van der Waals surface area contributed by atoms with Gasteiger partial charge in [-0.3, -0.25) is 4.79 Å². The summed E-state index contributed by atoms with van der Waals surface area (Å²) in [5.41, 5.74) is 0.404. The average Bonchev–Trinajstić information content (AvgIpc) is 3.12. The van der Waals surface area contributed by atoms with Crippen LogP contribution in [0.2, 0.25) is 0 Å². The highest BCUT2D eigenvalue weighted by Gasteiger charge is 2.41. The second kappa shape index (κ2) is 5.78. The zero-order chi connectivity index (χ0) is 15.7. The first-order valence-electron chi connectivity index (χ1n) is 8.20. The van der Waals surface area contributed by atoms with E-state index in [9.17, 15) is 14.7 Å². The van der Waals surface area contributed by atoms with Gasteiger partial charge in [-0.05, 0) is 24.7 Å². The summed E-state index contributed by atoms with van der Waals surface area (Å²) in [4.78, 5) is 25.7. The van der Waals surface area contributed by atoms with Crippen LogP contribution in [0, 0.1) is 5.41 Å². The minimum absolute atomic E-state index is 0.109. The molecule has 120 valence electrons. The molecule has 1 aromatic heterocycles. The maximum atomic E-state index is 12.6. The Morgan fingerprint density at radius 1 is 1.27 bits per heavy atom. The lowest BCUT2D eigenvalue weighted by Crippen LogP contribution is -2.33. The van der Waals surface area contributed by atoms with E-state index in [1.807, 2.05) is 11.8 Å². The van der Waals surface area contributed by atoms with Crippen molar-refractivity contribution in [1.29, 1.82) is 0 Å². The number of aryl methyl sites for hydroxylation is 1. The number of aromatic carboxylic acids is 1. The molecule has 1 saturated carbocycles. The van der Waals surface area contributed by atoms with Crippen molar-refractivity contribution < 1.29 is 19.1 Å². The van der Waals surface area contributed by atoms with Gasteiger partial charge >= 0.3 is 5.97 Å². The molecule has 2 fully saturated rings. The van der Waals surface area contributed by atoms with Crippen LogP contribution in [-0.4, -0.2) is 35.0 Å². The molecular weight excluding hydrogens is 282 g/mol. The quantitative estimate of drug-likeness (QED) is 0.929. The van der Waals surface area contributed by atoms with Crippen LogP contribution in [0.5, 0.6) is 0 Å². The molecule has 2 heterocycles. The highest BCUT2D eigenvalue weighted by molar-refractivity contribution is 5.96. The number of rotatable bonds is 3. The van der Waals surface area contributed by atoms with E-state index in [1.165, 1.54) is 38.2 Å². The number of hydrogen-bond donors (Lipinski definition) is 1. The summed E-state index contributed by atoms with van der Waals surface area (Å²) in [5, 5.41) is 9.17. The van der Waals surface area contributed by atoms with Crippen LogP contribution in [0.15, 0.2) is 10.5 Å². The standard InChI is InChI=1S/C17H23NO4/c1-2-13-12(16(20)21)10-14(22-13)15(19)18-9-8-17(11-18)6-4-3-5-7-17/h10H,2-9,11H2,1H3,(H,20,21). The van der Waals surface area contributed by atoms with Crippen molar-refractivity contribution in [2.45, 2.75) is 51.9 Å². The van der Waals surface area contributed by atoms with Gasteiger partial charge in [-0.15, -0.1) is 0 Å². The van der Waals surface area contributed by atoms with Gasteiger partial charge in [0.2, 0.25) is 0 Å². The van der Waals surface area contributed by atoms with Crippen molar-refractivity contribution >= 4 is 11.9 Å². The number of furan rings is 1. The van der Waals surface area contributed by atoms with Crippen molar-refractivity contribution in [3.05, 3.63) is 23.2 Å². The number of hydrogen-bond acceptors (Lipinski definition) is 3. The lowest BCUT2D eigenvalue weighted by Gasteiger charge is -2.33. The van der Waals surface area contributed by atoms with E-state index in [1.54, 1.807) is 0 Å². The zero-order valence-electron chi connectivity index (χ0n) is 13.1. The molecule has 1 N–H and O–H groups in total. The number of carboxylic acid groups (broad SMARTS) is 1. The lowest BCUT2D eigenvalue weighted by molar-refractivity contribution is 0.0691. The Morgan fingerprint density at radius 2 is 2.00 bits per heavy atom. The third-order valence-electron chi connectivity index (χ3n) is 5.21. The van der Waals surface area contributed by atoms with E-state index in [-0.39, 0.29) is 17.2 Å². The summed E-state index contributed by atoms with van der Waals surface area (Å²) in [6.45, 7) is 3.37. The van der Waals surface area contributed by atoms with Crippen molar-refractivity contribution in [2.24, 2.45) is 5.41 Å². The van der Waals surface area contributed by atoms with Gasteiger partial charge in [0.1, 0.15) is 11.3 Å². The molecule has 1 spiro atoms. The fourth-order valence-corrected chi connectivity index (χ4v) is 3.95. The first kappa shape index (κ1) is 15.1. The van der Waals surface area contributed by atoms with Gasteiger partial charge in [0.15, 0.2) is 5.76 Å². The summed E-state index contributed by atoms with van der Waals surface area (Å²) >= 11 is 0. The third-order valence-corrected chi connectivity index (χ3v) is 5.21. The molecule has 0 radical (unpaired) electrons. The van der Waals surface area contributed by atoms with Gasteiger partial charge in [0.25, 0.3) is 5.91 Å². The summed E-state index contributed by atoms with van der Waals surface area (Å²) in [5.74, 6) is -0.654. The van der Waals surface area contributed by atoms with E-state index < -0.39 is 5.97 Å². The highest BCUT2D eigenvalue weighted by Crippen LogP contribution is 2.44. The lowest BCUT2D eigenvalue weighted by atomic mass is 9.73. The number of carboxylic acids is 1. The molecular formula is C17H23NO4. The number of likely N-dealkylation sites (tertiary alicyclic amines) is 1. The zero-order valence-corrected chi connectivity index (χ0v) is 13.1. The van der Waals surface area contributed by atoms with Gasteiger partial charge in [0.05, 0.1) is 0 Å². The van der Waals surface area contributed by atoms with Crippen molar-refractivity contribution in [3.8, 4) is 0 Å². The van der Waals surface area contributed by atoms with Crippen LogP contribution in [0.3, 0.4) is 0 Å². The molecule has 1 aliphatic heterocycles. The molecule has 22 heavy (non-hydrogen) atoms. The van der Waals surface area contributed by atoms with E-state index in [4.69, 9.17) is 4.42 Å². The van der Waals surface area contributed by atoms with Crippen molar-refractivity contribution in [3.63, 3.8) is 0 Å². The molecule has 1 amide bonds. The van der Waals surface area contributed by atoms with Crippen LogP contribution < -0.4 is 0 Å². The maximum Gasteiger partial charge on any atom is 0.339 e. The van der Waals surface area contributed by atoms with Crippen LogP contribution in [0.1, 0.15) is 72.1 Å². The summed E-state index contributed by atoms with van der Waals surface area (Å²) < 4.78 is 5.50. The Balaban J connectivity index is 1.76. The minimum atomic E-state index is -1.04. The molecule has 3 rings (SSSR count). The first-order valence-corrected chi connectivity index (χ1v) is 8.20. The number of nitrogens with zero attached hydrogens (tertiary/aromatic N) is 1. The molecule has 5 heteroatoms. The molecule has 1 saturated heterocycles. The van der Waals surface area contributed by atoms with Crippen LogP contribution in [0.25, 0.3) is 0 Å². The first-order chi connectivity index (χ1) is 10.5. The monoisotopic (exact) mass is 305 g/mol. The molecule has 0 unspecified atom stereocenters. The average molecular weight is 305 g/mol. The number of carbonyl (C=O) groups excluding carboxylic acids is 1. The Hall–Kier alpha value is -1.78. The molecule has 0 bridgehead atoms. The molecule has 2 aliphatic rings. The summed E-state index contributed by atoms with van der Waals surface area (Å²) in [6.07, 6.45) is 7.75. The van der Waals surface area contributed by atoms with Gasteiger partial charge in [0, 0.05) is 25.6 Å². The molecule has 5 nitrogen and oxygen atoms in total. The van der Waals surface area contributed by atoms with E-state index in [0.717, 1.165) is 19.5 Å². The van der Waals surface area contributed by atoms with E-state index in [2.05, 4.69) is 0 Å². The minimum Gasteiger partial charge on any atom is -0.478 e. The predicted molar refractivity (Wildman–Crippen MR) is 81.1 cm³/mol. The largest absolute Gasteiger partial charge is 0.478 e. The fraction of sp³-hybridized carbons (Fsp3) is 0.647. The fourth-order valence-electron chi connectivity index (χ4n) is 3.95. The number of amides is 1. The maximum absolute atomic E-state index is 12.6. The topological polar surface area (TPSA) is 70.8 Å². The Labute approximate surface area is 130 Å². The Bertz CT molecular complexity index is 583. The second-order valence-corrected chi connectivity index (χ2v) is 6.64. The molecule has 0 aromatic carbocycles. The predicted octanol–water partition coefficient (Wildman–Crippen LogP) is 3.34. The van der Waals surface area contributed by atoms with Gasteiger partial charge < -0.3 is 14.4 Å². The van der Waals surface area contributed by atoms with E-state index >= 15 is 0 Å². The van der Waals surface area contributed by atoms with Crippen molar-refractivity contribution in [2.75, 3.05) is 13.1 Å². The molecule has 0 atom stereocenters. The summed E-state index contributed by atoms with van der Waals surface area (Å²) in [6, 6.07) is 1.38. The van der Waals surface area contributed by atoms with Gasteiger partial charge in [-0.2, -0.15) is 0 Å². The normalized spacial score (nSPS) is 20.5. The number of carbonyl (C=O) groups is 2. The smallest absolute Gasteiger partial charge is 0.339 e. The van der Waals surface area contributed by atoms with Crippen LogP contribution in [0.4, 0.5) is 0 Å². The van der Waals surface area contributed by atoms with E-state index in [0.29, 0.717) is 17.6 Å². The van der Waals surface area contributed by atoms with Crippen molar-refractivity contribution in [1.82, 2.24) is 4.90 Å². The molecule has 1 aliphatic carbocycles. The highest BCUT2D eigenvalue weighted by atomic mass is 16.4. The Morgan fingerprint density at radius 3 is 2.59 bits per heavy atom. The van der Waals surface area contributed by atoms with Gasteiger partial charge in [-0.1, -0.05) is 26.2 Å². The van der Waals surface area contributed by atoms with Crippen LogP contribution in [-0.2, 0) is 6.42 Å². The third kappa shape index (κ3) is 2.64. The second-order valence-electron chi connectivity index (χ2n) is 6.64. The SMILES string of the molecule is CCc1oc(C(=O)N2CCC3(CCCCC3)C2)cc1C(=O)O. The molecule has 1 aromatic rings.